The molecule has 106 valence electrons. The van der Waals surface area contributed by atoms with Crippen molar-refractivity contribution in [2.45, 2.75) is 20.1 Å². The molecule has 1 N–H and O–H groups in total. The topological polar surface area (TPSA) is 79.8 Å². The van der Waals surface area contributed by atoms with Crippen LogP contribution in [0.25, 0.3) is 0 Å². The number of aliphatic hydroxyl groups excluding tert-OH is 1. The highest BCUT2D eigenvalue weighted by Crippen LogP contribution is 2.26. The van der Waals surface area contributed by atoms with Crippen LogP contribution >= 0.6 is 0 Å². The van der Waals surface area contributed by atoms with Gasteiger partial charge in [-0.15, -0.1) is 0 Å². The number of nitro benzene ring substituents is 1. The summed E-state index contributed by atoms with van der Waals surface area (Å²) in [5.41, 5.74) is 1.23. The summed E-state index contributed by atoms with van der Waals surface area (Å²) >= 11 is 0. The fraction of sp³-hybridized carbons (Fsp3) is 0.286. The summed E-state index contributed by atoms with van der Waals surface area (Å²) in [4.78, 5) is 12.1. The van der Waals surface area contributed by atoms with Gasteiger partial charge in [0.05, 0.1) is 18.1 Å². The second-order valence-corrected chi connectivity index (χ2v) is 4.60. The number of nitrogens with zero attached hydrogens (tertiary/aromatic N) is 2. The molecular weight excluding hydrogens is 260 g/mol. The molecule has 0 unspecified atom stereocenters. The minimum absolute atomic E-state index is 0.0277. The Bertz CT molecular complexity index is 621. The van der Waals surface area contributed by atoms with E-state index in [1.807, 2.05) is 31.0 Å². The van der Waals surface area contributed by atoms with Crippen molar-refractivity contribution < 1.29 is 14.4 Å². The van der Waals surface area contributed by atoms with Gasteiger partial charge in [-0.3, -0.25) is 10.1 Å². The van der Waals surface area contributed by atoms with Crippen molar-refractivity contribution in [2.75, 3.05) is 11.9 Å². The fourth-order valence-corrected chi connectivity index (χ4v) is 2.07. The van der Waals surface area contributed by atoms with Crippen molar-refractivity contribution in [3.8, 4) is 0 Å². The third kappa shape index (κ3) is 2.97. The normalized spacial score (nSPS) is 10.6. The zero-order chi connectivity index (χ0) is 14.7. The number of anilines is 1. The summed E-state index contributed by atoms with van der Waals surface area (Å²) in [6.07, 6.45) is 0. The minimum Gasteiger partial charge on any atom is -0.464 e. The number of rotatable bonds is 5. The van der Waals surface area contributed by atoms with Gasteiger partial charge in [0.15, 0.2) is 0 Å². The van der Waals surface area contributed by atoms with Crippen LogP contribution in [0.4, 0.5) is 11.4 Å². The van der Waals surface area contributed by atoms with E-state index in [1.165, 1.54) is 12.1 Å². The summed E-state index contributed by atoms with van der Waals surface area (Å²) in [6.45, 7) is 2.14. The first kappa shape index (κ1) is 14.1. The average molecular weight is 276 g/mol. The molecule has 0 fully saturated rings. The van der Waals surface area contributed by atoms with Crippen molar-refractivity contribution in [1.29, 1.82) is 0 Å². The SMILES string of the molecule is Cc1ccc(CN(C)c2ccc([N+](=O)[O-])cc2CO)o1. The number of hydrogen-bond acceptors (Lipinski definition) is 5. The highest BCUT2D eigenvalue weighted by atomic mass is 16.6. The molecule has 0 spiro atoms. The third-order valence-corrected chi connectivity index (χ3v) is 3.04. The molecule has 0 aliphatic rings. The third-order valence-electron chi connectivity index (χ3n) is 3.04. The molecule has 6 heteroatoms. The molecule has 2 rings (SSSR count). The zero-order valence-electron chi connectivity index (χ0n) is 11.4. The number of nitro groups is 1. The van der Waals surface area contributed by atoms with Crippen molar-refractivity contribution in [3.63, 3.8) is 0 Å². The first-order valence-corrected chi connectivity index (χ1v) is 6.16. The zero-order valence-corrected chi connectivity index (χ0v) is 11.4. The van der Waals surface area contributed by atoms with Gasteiger partial charge >= 0.3 is 0 Å². The van der Waals surface area contributed by atoms with Gasteiger partial charge in [0, 0.05) is 30.4 Å². The molecule has 0 radical (unpaired) electrons. The Kier molecular flexibility index (Phi) is 4.05. The lowest BCUT2D eigenvalue weighted by molar-refractivity contribution is -0.384. The predicted molar refractivity (Wildman–Crippen MR) is 74.6 cm³/mol. The van der Waals surface area contributed by atoms with Gasteiger partial charge in [-0.2, -0.15) is 0 Å². The Morgan fingerprint density at radius 2 is 2.10 bits per heavy atom. The van der Waals surface area contributed by atoms with E-state index in [1.54, 1.807) is 6.07 Å². The summed E-state index contributed by atoms with van der Waals surface area (Å²) in [5, 5.41) is 20.1. The number of non-ortho nitro benzene ring substituents is 1. The van der Waals surface area contributed by atoms with Crippen LogP contribution in [0.1, 0.15) is 17.1 Å². The van der Waals surface area contributed by atoms with Crippen LogP contribution in [0, 0.1) is 17.0 Å². The maximum atomic E-state index is 10.7. The largest absolute Gasteiger partial charge is 0.464 e. The van der Waals surface area contributed by atoms with Gasteiger partial charge in [0.1, 0.15) is 11.5 Å². The molecule has 0 aliphatic carbocycles. The number of benzene rings is 1. The van der Waals surface area contributed by atoms with Crippen molar-refractivity contribution in [3.05, 3.63) is 57.5 Å². The molecule has 0 atom stereocenters. The van der Waals surface area contributed by atoms with Gasteiger partial charge in [0.2, 0.25) is 0 Å². The Balaban J connectivity index is 2.24. The highest BCUT2D eigenvalue weighted by Gasteiger charge is 2.14. The second kappa shape index (κ2) is 5.75. The van der Waals surface area contributed by atoms with Gasteiger partial charge < -0.3 is 14.4 Å². The van der Waals surface area contributed by atoms with Gasteiger partial charge in [0.25, 0.3) is 5.69 Å². The lowest BCUT2D eigenvalue weighted by Gasteiger charge is -2.20. The summed E-state index contributed by atoms with van der Waals surface area (Å²) in [5.74, 6) is 1.63. The Hall–Kier alpha value is -2.34. The quantitative estimate of drug-likeness (QED) is 0.670. The predicted octanol–water partition coefficient (Wildman–Crippen LogP) is 2.62. The molecule has 0 bridgehead atoms. The van der Waals surface area contributed by atoms with Crippen LogP contribution in [0.2, 0.25) is 0 Å². The Morgan fingerprint density at radius 1 is 1.35 bits per heavy atom. The van der Waals surface area contributed by atoms with E-state index < -0.39 is 4.92 Å². The number of hydrogen-bond donors (Lipinski definition) is 1. The van der Waals surface area contributed by atoms with Crippen LogP contribution in [0.3, 0.4) is 0 Å². The molecule has 1 heterocycles. The van der Waals surface area contributed by atoms with Crippen LogP contribution in [-0.4, -0.2) is 17.1 Å². The molecule has 1 aromatic heterocycles. The molecule has 1 aromatic carbocycles. The van der Waals surface area contributed by atoms with Crippen molar-refractivity contribution in [2.24, 2.45) is 0 Å². The summed E-state index contributed by atoms with van der Waals surface area (Å²) < 4.78 is 5.50. The second-order valence-electron chi connectivity index (χ2n) is 4.60. The van der Waals surface area contributed by atoms with E-state index in [4.69, 9.17) is 4.42 Å². The summed E-state index contributed by atoms with van der Waals surface area (Å²) in [7, 11) is 1.85. The first-order valence-electron chi connectivity index (χ1n) is 6.16. The molecule has 0 aliphatic heterocycles. The molecule has 20 heavy (non-hydrogen) atoms. The van der Waals surface area contributed by atoms with Gasteiger partial charge in [-0.1, -0.05) is 0 Å². The van der Waals surface area contributed by atoms with E-state index in [0.29, 0.717) is 12.1 Å². The van der Waals surface area contributed by atoms with Crippen LogP contribution in [0.5, 0.6) is 0 Å². The van der Waals surface area contributed by atoms with E-state index in [0.717, 1.165) is 17.2 Å². The Labute approximate surface area is 116 Å². The molecule has 0 saturated carbocycles. The average Bonchev–Trinajstić information content (AvgIpc) is 2.83. The van der Waals surface area contributed by atoms with Crippen LogP contribution in [0.15, 0.2) is 34.7 Å². The summed E-state index contributed by atoms with van der Waals surface area (Å²) in [6, 6.07) is 8.22. The maximum Gasteiger partial charge on any atom is 0.269 e. The lowest BCUT2D eigenvalue weighted by atomic mass is 10.1. The van der Waals surface area contributed by atoms with E-state index in [-0.39, 0.29) is 12.3 Å². The molecular formula is C14H16N2O4. The standard InChI is InChI=1S/C14H16N2O4/c1-10-3-5-13(20-10)8-15(2)14-6-4-12(16(18)19)7-11(14)9-17/h3-7,17H,8-9H2,1-2H3. The van der Waals surface area contributed by atoms with E-state index in [2.05, 4.69) is 0 Å². The molecule has 0 saturated heterocycles. The highest BCUT2D eigenvalue weighted by molar-refractivity contribution is 5.57. The monoisotopic (exact) mass is 276 g/mol. The number of aryl methyl sites for hydroxylation is 1. The van der Waals surface area contributed by atoms with E-state index in [9.17, 15) is 15.2 Å². The van der Waals surface area contributed by atoms with Crippen molar-refractivity contribution >= 4 is 11.4 Å². The minimum atomic E-state index is -0.473. The molecule has 2 aromatic rings. The first-order chi connectivity index (χ1) is 9.51. The van der Waals surface area contributed by atoms with Crippen LogP contribution in [-0.2, 0) is 13.2 Å². The van der Waals surface area contributed by atoms with Gasteiger partial charge in [-0.05, 0) is 25.1 Å². The molecule has 6 nitrogen and oxygen atoms in total. The fourth-order valence-electron chi connectivity index (χ4n) is 2.07. The molecule has 0 amide bonds. The lowest BCUT2D eigenvalue weighted by Crippen LogP contribution is -2.17. The van der Waals surface area contributed by atoms with Gasteiger partial charge in [-0.25, -0.2) is 0 Å². The Morgan fingerprint density at radius 3 is 2.65 bits per heavy atom. The number of furan rings is 1. The van der Waals surface area contributed by atoms with Crippen LogP contribution < -0.4 is 4.90 Å². The maximum absolute atomic E-state index is 10.7. The number of aliphatic hydroxyl groups is 1. The smallest absolute Gasteiger partial charge is 0.269 e. The van der Waals surface area contributed by atoms with Crippen molar-refractivity contribution in [1.82, 2.24) is 0 Å². The van der Waals surface area contributed by atoms with E-state index >= 15 is 0 Å².